The number of nitrogens with zero attached hydrogens (tertiary/aromatic N) is 1. The van der Waals surface area contributed by atoms with Crippen LogP contribution in [-0.2, 0) is 9.53 Å². The van der Waals surface area contributed by atoms with Gasteiger partial charge < -0.3 is 9.63 Å². The van der Waals surface area contributed by atoms with Crippen molar-refractivity contribution in [3.05, 3.63) is 41.4 Å². The molecular formula is C21H27ClNO4P. The lowest BCUT2D eigenvalue weighted by Crippen LogP contribution is -2.30. The van der Waals surface area contributed by atoms with Crippen LogP contribution in [0.1, 0.15) is 41.0 Å². The number of rotatable bonds is 7. The van der Waals surface area contributed by atoms with Crippen LogP contribution in [-0.4, -0.2) is 18.6 Å². The van der Waals surface area contributed by atoms with Gasteiger partial charge >= 0.3 is 14.1 Å². The third-order valence-corrected chi connectivity index (χ3v) is 5.37. The molecule has 152 valence electrons. The molecule has 0 saturated heterocycles. The van der Waals surface area contributed by atoms with Crippen molar-refractivity contribution in [1.82, 2.24) is 0 Å². The quantitative estimate of drug-likeness (QED) is 0.421. The number of hydrogen-bond donors (Lipinski definition) is 0. The number of carbonyl (C=O) groups is 1. The van der Waals surface area contributed by atoms with Crippen molar-refractivity contribution < 1.29 is 18.9 Å². The summed E-state index contributed by atoms with van der Waals surface area (Å²) in [7, 11) is -2.51. The molecule has 0 aromatic heterocycles. The molecule has 0 saturated carbocycles. The number of ether oxygens (including phenoxy) is 1. The summed E-state index contributed by atoms with van der Waals surface area (Å²) in [5, 5.41) is 1.99. The molecule has 0 heterocycles. The van der Waals surface area contributed by atoms with Gasteiger partial charge in [-0.3, -0.25) is 4.52 Å². The Bertz CT molecular complexity index is 863. The maximum absolute atomic E-state index is 12.6. The standard InChI is InChI=1S/C21H27ClNO4P/c1-6-14(2)18(20(24)26-13-21(3,4)5)23-28(25)27-19-16-10-8-7-9-15(16)11-12-17(19)22/h7-12,14,18H,6,13H2,1-5H3/t14-,18+/m1/s1. The first-order valence-corrected chi connectivity index (χ1v) is 10.8. The zero-order valence-corrected chi connectivity index (χ0v) is 18.6. The molecule has 0 fully saturated rings. The van der Waals surface area contributed by atoms with Crippen LogP contribution in [0.5, 0.6) is 5.75 Å². The zero-order valence-electron chi connectivity index (χ0n) is 16.9. The van der Waals surface area contributed by atoms with E-state index >= 15 is 0 Å². The molecule has 0 aliphatic carbocycles. The van der Waals surface area contributed by atoms with Crippen molar-refractivity contribution in [3.63, 3.8) is 0 Å². The van der Waals surface area contributed by atoms with Gasteiger partial charge in [-0.05, 0) is 22.8 Å². The summed E-state index contributed by atoms with van der Waals surface area (Å²) < 4.78 is 15.1. The van der Waals surface area contributed by atoms with E-state index in [0.717, 1.165) is 10.8 Å². The molecule has 2 rings (SSSR count). The summed E-state index contributed by atoms with van der Waals surface area (Å²) in [5.41, 5.74) is -0.162. The third-order valence-electron chi connectivity index (χ3n) is 4.29. The fourth-order valence-corrected chi connectivity index (χ4v) is 3.68. The molecular weight excluding hydrogens is 397 g/mol. The first kappa shape index (κ1) is 22.6. The Labute approximate surface area is 172 Å². The monoisotopic (exact) mass is 423 g/mol. The lowest BCUT2D eigenvalue weighted by Gasteiger charge is -2.21. The zero-order chi connectivity index (χ0) is 20.9. The van der Waals surface area contributed by atoms with Crippen molar-refractivity contribution >= 4 is 36.5 Å². The third kappa shape index (κ3) is 6.16. The lowest BCUT2D eigenvalue weighted by atomic mass is 9.98. The van der Waals surface area contributed by atoms with Crippen LogP contribution in [0.25, 0.3) is 10.8 Å². The normalized spacial score (nSPS) is 14.6. The first-order valence-electron chi connectivity index (χ1n) is 9.32. The van der Waals surface area contributed by atoms with Crippen LogP contribution in [0, 0.1) is 11.3 Å². The Morgan fingerprint density at radius 2 is 1.93 bits per heavy atom. The van der Waals surface area contributed by atoms with Crippen LogP contribution in [0.3, 0.4) is 0 Å². The van der Waals surface area contributed by atoms with Gasteiger partial charge in [0, 0.05) is 5.39 Å². The highest BCUT2D eigenvalue weighted by atomic mass is 35.5. The fourth-order valence-electron chi connectivity index (χ4n) is 2.50. The Kier molecular flexibility index (Phi) is 7.82. The number of esters is 1. The van der Waals surface area contributed by atoms with Gasteiger partial charge in [-0.2, -0.15) is 0 Å². The Hall–Kier alpha value is -1.68. The summed E-state index contributed by atoms with van der Waals surface area (Å²) in [6.45, 7) is 10.0. The van der Waals surface area contributed by atoms with Crippen molar-refractivity contribution in [2.45, 2.75) is 47.1 Å². The average Bonchev–Trinajstić information content (AvgIpc) is 2.65. The van der Waals surface area contributed by atoms with Crippen LogP contribution < -0.4 is 9.42 Å². The van der Waals surface area contributed by atoms with E-state index in [2.05, 4.69) is 4.74 Å². The molecule has 2 aromatic rings. The maximum Gasteiger partial charge on any atom is 0.395 e. The second-order valence-corrected chi connectivity index (χ2v) is 9.34. The van der Waals surface area contributed by atoms with Gasteiger partial charge in [0.1, 0.15) is 0 Å². The second kappa shape index (κ2) is 9.69. The summed E-state index contributed by atoms with van der Waals surface area (Å²) in [6.07, 6.45) is 0.691. The molecule has 28 heavy (non-hydrogen) atoms. The second-order valence-electron chi connectivity index (χ2n) is 8.04. The largest absolute Gasteiger partial charge is 0.575 e. The number of fused-ring (bicyclic) bond motifs is 1. The minimum atomic E-state index is -2.51. The van der Waals surface area contributed by atoms with Crippen molar-refractivity contribution in [1.29, 1.82) is 0 Å². The molecule has 0 aliphatic rings. The molecule has 1 unspecified atom stereocenters. The van der Waals surface area contributed by atoms with Crippen LogP contribution >= 0.6 is 19.8 Å². The van der Waals surface area contributed by atoms with Crippen LogP contribution in [0.4, 0.5) is 0 Å². The molecule has 0 aliphatic heterocycles. The lowest BCUT2D eigenvalue weighted by molar-refractivity contribution is -0.170. The fraction of sp³-hybridized carbons (Fsp3) is 0.476. The SMILES string of the molecule is CC[C@@H](C)[C@H](N=[P+]([O-])Oc1c(Cl)ccc2ccccc12)C(=O)OCC(C)(C)C. The summed E-state index contributed by atoms with van der Waals surface area (Å²) in [6, 6.07) is 10.2. The number of carbonyl (C=O) groups excluding carboxylic acids is 1. The van der Waals surface area contributed by atoms with Gasteiger partial charge in [0.15, 0.2) is 6.04 Å². The predicted molar refractivity (Wildman–Crippen MR) is 113 cm³/mol. The molecule has 0 bridgehead atoms. The van der Waals surface area contributed by atoms with E-state index in [1.54, 1.807) is 6.07 Å². The van der Waals surface area contributed by atoms with Crippen LogP contribution in [0.2, 0.25) is 5.02 Å². The van der Waals surface area contributed by atoms with E-state index in [1.165, 1.54) is 0 Å². The summed E-state index contributed by atoms with van der Waals surface area (Å²) in [4.78, 5) is 25.2. The maximum atomic E-state index is 12.6. The molecule has 0 N–H and O–H groups in total. The van der Waals surface area contributed by atoms with Crippen molar-refractivity contribution in [3.8, 4) is 5.75 Å². The Morgan fingerprint density at radius 3 is 2.57 bits per heavy atom. The van der Waals surface area contributed by atoms with E-state index in [9.17, 15) is 9.69 Å². The Morgan fingerprint density at radius 1 is 1.25 bits per heavy atom. The number of halogens is 1. The van der Waals surface area contributed by atoms with Gasteiger partial charge in [0.05, 0.1) is 11.6 Å². The summed E-state index contributed by atoms with van der Waals surface area (Å²) >= 11 is 6.25. The van der Waals surface area contributed by atoms with E-state index in [-0.39, 0.29) is 17.9 Å². The minimum Gasteiger partial charge on any atom is -0.575 e. The number of hydrogen-bond acceptors (Lipinski definition) is 5. The molecule has 0 radical (unpaired) electrons. The van der Waals surface area contributed by atoms with Gasteiger partial charge in [-0.15, -0.1) is 0 Å². The number of benzene rings is 2. The molecule has 3 atom stereocenters. The van der Waals surface area contributed by atoms with Crippen molar-refractivity contribution in [2.75, 3.05) is 6.61 Å². The average molecular weight is 424 g/mol. The Balaban J connectivity index is 2.27. The molecule has 7 heteroatoms. The summed E-state index contributed by atoms with van der Waals surface area (Å²) in [5.74, 6) is -0.311. The molecule has 5 nitrogen and oxygen atoms in total. The highest BCUT2D eigenvalue weighted by molar-refractivity contribution is 7.34. The van der Waals surface area contributed by atoms with Gasteiger partial charge in [0.25, 0.3) is 0 Å². The minimum absolute atomic E-state index is 0.127. The highest BCUT2D eigenvalue weighted by Gasteiger charge is 2.30. The molecule has 0 spiro atoms. The van der Waals surface area contributed by atoms with E-state index < -0.39 is 20.2 Å². The van der Waals surface area contributed by atoms with E-state index in [0.29, 0.717) is 17.2 Å². The predicted octanol–water partition coefficient (Wildman–Crippen LogP) is 5.73. The highest BCUT2D eigenvalue weighted by Crippen LogP contribution is 2.38. The molecule has 2 aromatic carbocycles. The van der Waals surface area contributed by atoms with Crippen LogP contribution in [0.15, 0.2) is 41.1 Å². The first-order chi connectivity index (χ1) is 13.1. The van der Waals surface area contributed by atoms with Crippen molar-refractivity contribution in [2.24, 2.45) is 16.1 Å². The van der Waals surface area contributed by atoms with Gasteiger partial charge in [-0.1, -0.05) is 87.7 Å². The van der Waals surface area contributed by atoms with Gasteiger partial charge in [0.2, 0.25) is 5.75 Å². The van der Waals surface area contributed by atoms with E-state index in [1.807, 2.05) is 65.0 Å². The van der Waals surface area contributed by atoms with E-state index in [4.69, 9.17) is 20.9 Å². The molecule has 0 amide bonds. The van der Waals surface area contributed by atoms with Gasteiger partial charge in [-0.25, -0.2) is 4.79 Å². The smallest absolute Gasteiger partial charge is 0.395 e. The topological polar surface area (TPSA) is 71.0 Å².